The van der Waals surface area contributed by atoms with Crippen LogP contribution >= 0.6 is 11.6 Å². The van der Waals surface area contributed by atoms with Crippen LogP contribution in [0.15, 0.2) is 29.6 Å². The second-order valence-electron chi connectivity index (χ2n) is 4.22. The van der Waals surface area contributed by atoms with E-state index in [2.05, 4.69) is 20.1 Å². The number of pyridine rings is 1. The van der Waals surface area contributed by atoms with Crippen LogP contribution in [0.5, 0.6) is 0 Å². The van der Waals surface area contributed by atoms with Crippen LogP contribution in [0.1, 0.15) is 13.8 Å². The van der Waals surface area contributed by atoms with Gasteiger partial charge in [0.05, 0.1) is 16.9 Å². The summed E-state index contributed by atoms with van der Waals surface area (Å²) in [5, 5.41) is 7.20. The van der Waals surface area contributed by atoms with Crippen molar-refractivity contribution in [2.45, 2.75) is 25.3 Å². The third kappa shape index (κ3) is 3.64. The minimum Gasteiger partial charge on any atom is -0.369 e. The molecule has 0 spiro atoms. The zero-order valence-corrected chi connectivity index (χ0v) is 13.2. The molecule has 2 N–H and O–H groups in total. The van der Waals surface area contributed by atoms with Crippen LogP contribution in [0.25, 0.3) is 0 Å². The molecule has 0 aliphatic heterocycles. The van der Waals surface area contributed by atoms with Crippen molar-refractivity contribution in [3.8, 4) is 0 Å². The monoisotopic (exact) mass is 329 g/mol. The maximum Gasteiger partial charge on any atom is 0.263 e. The highest BCUT2D eigenvalue weighted by atomic mass is 35.5. The molecule has 0 fully saturated rings. The van der Waals surface area contributed by atoms with E-state index in [4.69, 9.17) is 11.6 Å². The third-order valence-electron chi connectivity index (χ3n) is 2.68. The summed E-state index contributed by atoms with van der Waals surface area (Å²) in [5.41, 5.74) is 0.392. The van der Waals surface area contributed by atoms with Gasteiger partial charge in [-0.25, -0.2) is 13.4 Å². The lowest BCUT2D eigenvalue weighted by Crippen LogP contribution is -2.13. The van der Waals surface area contributed by atoms with E-state index in [1.165, 1.54) is 18.5 Å². The highest BCUT2D eigenvalue weighted by Gasteiger charge is 2.17. The quantitative estimate of drug-likeness (QED) is 0.848. The molecule has 0 amide bonds. The Morgan fingerprint density at radius 3 is 2.67 bits per heavy atom. The van der Waals surface area contributed by atoms with Crippen LogP contribution in [-0.2, 0) is 16.6 Å². The van der Waals surface area contributed by atoms with Crippen LogP contribution < -0.4 is 10.0 Å². The van der Waals surface area contributed by atoms with Gasteiger partial charge in [0.1, 0.15) is 10.7 Å². The molecule has 0 bridgehead atoms. The molecule has 9 heteroatoms. The van der Waals surface area contributed by atoms with Crippen molar-refractivity contribution in [2.75, 3.05) is 16.6 Å². The molecule has 7 nitrogen and oxygen atoms in total. The smallest absolute Gasteiger partial charge is 0.263 e. The molecule has 2 rings (SSSR count). The summed E-state index contributed by atoms with van der Waals surface area (Å²) in [6.07, 6.45) is 4.32. The van der Waals surface area contributed by atoms with Crippen molar-refractivity contribution in [3.05, 3.63) is 29.7 Å². The van der Waals surface area contributed by atoms with Gasteiger partial charge >= 0.3 is 0 Å². The predicted molar refractivity (Wildman–Crippen MR) is 82.1 cm³/mol. The maximum atomic E-state index is 12.3. The molecule has 0 radical (unpaired) electrons. The third-order valence-corrected chi connectivity index (χ3v) is 4.32. The average molecular weight is 330 g/mol. The van der Waals surface area contributed by atoms with Gasteiger partial charge in [0.25, 0.3) is 10.0 Å². The molecule has 2 heterocycles. The number of aryl methyl sites for hydroxylation is 1. The number of nitrogens with one attached hydrogen (secondary N) is 2. The normalized spacial score (nSPS) is 11.4. The van der Waals surface area contributed by atoms with E-state index in [1.807, 2.05) is 13.8 Å². The van der Waals surface area contributed by atoms with Gasteiger partial charge in [0.15, 0.2) is 0 Å². The standard InChI is InChI=1S/C12H16ClN5O2S/c1-3-14-12-11(13)5-10(7-15-12)21(19,20)17-9-6-16-18(4-2)8-9/h5-8,17H,3-4H2,1-2H3,(H,14,15). The Kier molecular flexibility index (Phi) is 4.69. The van der Waals surface area contributed by atoms with E-state index >= 15 is 0 Å². The van der Waals surface area contributed by atoms with Crippen LogP contribution in [0.2, 0.25) is 5.02 Å². The lowest BCUT2D eigenvalue weighted by Gasteiger charge is -2.08. The first-order chi connectivity index (χ1) is 9.96. The number of hydrogen-bond acceptors (Lipinski definition) is 5. The Morgan fingerprint density at radius 1 is 1.33 bits per heavy atom. The van der Waals surface area contributed by atoms with Crippen molar-refractivity contribution in [2.24, 2.45) is 0 Å². The molecule has 0 saturated carbocycles. The Hall–Kier alpha value is -1.80. The van der Waals surface area contributed by atoms with Crippen LogP contribution in [0.3, 0.4) is 0 Å². The number of rotatable bonds is 6. The molecular formula is C12H16ClN5O2S. The van der Waals surface area contributed by atoms with Gasteiger partial charge in [-0.05, 0) is 19.9 Å². The zero-order chi connectivity index (χ0) is 15.5. The minimum atomic E-state index is -3.74. The zero-order valence-electron chi connectivity index (χ0n) is 11.7. The SMILES string of the molecule is CCNc1ncc(S(=O)(=O)Nc2cnn(CC)c2)cc1Cl. The summed E-state index contributed by atoms with van der Waals surface area (Å²) in [7, 11) is -3.74. The fourth-order valence-corrected chi connectivity index (χ4v) is 2.96. The van der Waals surface area contributed by atoms with E-state index < -0.39 is 10.0 Å². The highest BCUT2D eigenvalue weighted by molar-refractivity contribution is 7.92. The van der Waals surface area contributed by atoms with Gasteiger partial charge < -0.3 is 5.32 Å². The van der Waals surface area contributed by atoms with Crippen molar-refractivity contribution >= 4 is 33.1 Å². The molecule has 21 heavy (non-hydrogen) atoms. The number of halogens is 1. The number of aromatic nitrogens is 3. The molecule has 0 aliphatic carbocycles. The van der Waals surface area contributed by atoms with E-state index in [1.54, 1.807) is 10.9 Å². The van der Waals surface area contributed by atoms with Gasteiger partial charge in [0, 0.05) is 25.5 Å². The van der Waals surface area contributed by atoms with Crippen molar-refractivity contribution < 1.29 is 8.42 Å². The molecule has 0 saturated heterocycles. The van der Waals surface area contributed by atoms with E-state index in [-0.39, 0.29) is 9.92 Å². The first-order valence-electron chi connectivity index (χ1n) is 6.41. The van der Waals surface area contributed by atoms with E-state index in [0.717, 1.165) is 0 Å². The molecular weight excluding hydrogens is 314 g/mol. The fourth-order valence-electron chi connectivity index (χ4n) is 1.67. The second-order valence-corrected chi connectivity index (χ2v) is 6.31. The van der Waals surface area contributed by atoms with E-state index in [0.29, 0.717) is 24.6 Å². The summed E-state index contributed by atoms with van der Waals surface area (Å²) in [5.74, 6) is 0.455. The summed E-state index contributed by atoms with van der Waals surface area (Å²) >= 11 is 6.01. The Morgan fingerprint density at radius 2 is 2.10 bits per heavy atom. The van der Waals surface area contributed by atoms with E-state index in [9.17, 15) is 8.42 Å². The number of hydrogen-bond donors (Lipinski definition) is 2. The molecule has 114 valence electrons. The molecule has 2 aromatic heterocycles. The summed E-state index contributed by atoms with van der Waals surface area (Å²) in [4.78, 5) is 4.01. The molecule has 0 aliphatic rings. The Balaban J connectivity index is 2.24. The van der Waals surface area contributed by atoms with Gasteiger partial charge in [0.2, 0.25) is 0 Å². The minimum absolute atomic E-state index is 0.00148. The first kappa shape index (κ1) is 15.6. The lowest BCUT2D eigenvalue weighted by molar-refractivity contribution is 0.601. The van der Waals surface area contributed by atoms with Gasteiger partial charge in [-0.1, -0.05) is 11.6 Å². The van der Waals surface area contributed by atoms with Crippen LogP contribution in [0.4, 0.5) is 11.5 Å². The first-order valence-corrected chi connectivity index (χ1v) is 8.27. The fraction of sp³-hybridized carbons (Fsp3) is 0.333. The van der Waals surface area contributed by atoms with Crippen LogP contribution in [0, 0.1) is 0 Å². The summed E-state index contributed by atoms with van der Waals surface area (Å²) in [6.45, 7) is 5.11. The van der Waals surface area contributed by atoms with Crippen molar-refractivity contribution in [1.29, 1.82) is 0 Å². The molecule has 0 atom stereocenters. The van der Waals surface area contributed by atoms with Crippen LogP contribution in [-0.4, -0.2) is 29.7 Å². The lowest BCUT2D eigenvalue weighted by atomic mass is 10.4. The average Bonchev–Trinajstić information content (AvgIpc) is 2.88. The molecule has 2 aromatic rings. The summed E-state index contributed by atoms with van der Waals surface area (Å²) < 4.78 is 28.6. The maximum absolute atomic E-state index is 12.3. The molecule has 0 unspecified atom stereocenters. The van der Waals surface area contributed by atoms with Gasteiger partial charge in [-0.3, -0.25) is 9.40 Å². The van der Waals surface area contributed by atoms with Gasteiger partial charge in [-0.15, -0.1) is 0 Å². The Labute approximate surface area is 128 Å². The molecule has 0 aromatic carbocycles. The van der Waals surface area contributed by atoms with Gasteiger partial charge in [-0.2, -0.15) is 5.10 Å². The largest absolute Gasteiger partial charge is 0.369 e. The highest BCUT2D eigenvalue weighted by Crippen LogP contribution is 2.23. The Bertz CT molecular complexity index is 729. The predicted octanol–water partition coefficient (Wildman–Crippen LogP) is 2.18. The second kappa shape index (κ2) is 6.31. The summed E-state index contributed by atoms with van der Waals surface area (Å²) in [6, 6.07) is 1.36. The topological polar surface area (TPSA) is 88.9 Å². The number of anilines is 2. The number of nitrogens with zero attached hydrogens (tertiary/aromatic N) is 3. The van der Waals surface area contributed by atoms with Crippen molar-refractivity contribution in [1.82, 2.24) is 14.8 Å². The number of sulfonamides is 1. The van der Waals surface area contributed by atoms with Crippen molar-refractivity contribution in [3.63, 3.8) is 0 Å².